The first kappa shape index (κ1) is 11.7. The van der Waals surface area contributed by atoms with Crippen LogP contribution in [-0.2, 0) is 4.74 Å². The number of hydrogen-bond donors (Lipinski definition) is 0. The zero-order valence-corrected chi connectivity index (χ0v) is 11.6. The van der Waals surface area contributed by atoms with E-state index in [1.807, 2.05) is 18.2 Å². The molecule has 1 atom stereocenters. The number of ether oxygens (including phenoxy) is 1. The molecular formula is C17H13NOS. The molecular weight excluding hydrogens is 266 g/mol. The van der Waals surface area contributed by atoms with Gasteiger partial charge in [0.25, 0.3) is 0 Å². The lowest BCUT2D eigenvalue weighted by Crippen LogP contribution is -1.99. The summed E-state index contributed by atoms with van der Waals surface area (Å²) in [5.74, 6) is 0.778. The maximum absolute atomic E-state index is 5.80. The van der Waals surface area contributed by atoms with E-state index in [9.17, 15) is 0 Å². The van der Waals surface area contributed by atoms with Gasteiger partial charge in [-0.1, -0.05) is 48.5 Å². The standard InChI is InChI=1S/C17H13NOS/c1-2-6-12(7-3-1)14-11-19-17(18-14)16-10-13-8-4-5-9-15(13)20-16/h1-10,14H,11H2/t14-/m1/s1. The highest BCUT2D eigenvalue weighted by Gasteiger charge is 2.22. The molecule has 0 amide bonds. The summed E-state index contributed by atoms with van der Waals surface area (Å²) in [6.07, 6.45) is 0. The van der Waals surface area contributed by atoms with Gasteiger partial charge in [-0.25, -0.2) is 4.99 Å². The molecule has 0 fully saturated rings. The predicted molar refractivity (Wildman–Crippen MR) is 83.5 cm³/mol. The van der Waals surface area contributed by atoms with Crippen molar-refractivity contribution in [2.75, 3.05) is 6.61 Å². The molecule has 2 heterocycles. The Hall–Kier alpha value is -2.13. The van der Waals surface area contributed by atoms with Gasteiger partial charge in [0.2, 0.25) is 5.90 Å². The normalized spacial score (nSPS) is 18.0. The van der Waals surface area contributed by atoms with Crippen molar-refractivity contribution in [1.82, 2.24) is 0 Å². The summed E-state index contributed by atoms with van der Waals surface area (Å²) in [6, 6.07) is 21.0. The molecule has 0 unspecified atom stereocenters. The molecule has 3 aromatic rings. The van der Waals surface area contributed by atoms with Crippen molar-refractivity contribution in [3.8, 4) is 0 Å². The van der Waals surface area contributed by atoms with E-state index in [2.05, 4.69) is 42.5 Å². The lowest BCUT2D eigenvalue weighted by molar-refractivity contribution is 0.320. The molecule has 0 saturated heterocycles. The molecule has 2 aromatic carbocycles. The van der Waals surface area contributed by atoms with Crippen molar-refractivity contribution in [2.45, 2.75) is 6.04 Å². The summed E-state index contributed by atoms with van der Waals surface area (Å²) in [6.45, 7) is 0.633. The van der Waals surface area contributed by atoms with Gasteiger partial charge in [0, 0.05) is 4.70 Å². The Labute approximate surface area is 121 Å². The fourth-order valence-corrected chi connectivity index (χ4v) is 3.46. The number of nitrogens with zero attached hydrogens (tertiary/aromatic N) is 1. The third kappa shape index (κ3) is 2.00. The van der Waals surface area contributed by atoms with Gasteiger partial charge < -0.3 is 4.74 Å². The summed E-state index contributed by atoms with van der Waals surface area (Å²) in [5, 5.41) is 1.25. The second-order valence-electron chi connectivity index (χ2n) is 4.82. The lowest BCUT2D eigenvalue weighted by Gasteiger charge is -2.03. The van der Waals surface area contributed by atoms with Crippen LogP contribution in [0.1, 0.15) is 16.5 Å². The molecule has 2 nitrogen and oxygen atoms in total. The van der Waals surface area contributed by atoms with Crippen LogP contribution in [0.2, 0.25) is 0 Å². The SMILES string of the molecule is c1ccc([C@H]2COC(c3cc4ccccc4s3)=N2)cc1. The Morgan fingerprint density at radius 3 is 2.65 bits per heavy atom. The molecule has 20 heavy (non-hydrogen) atoms. The Bertz CT molecular complexity index is 743. The lowest BCUT2D eigenvalue weighted by atomic mass is 10.1. The van der Waals surface area contributed by atoms with E-state index in [0.717, 1.165) is 10.8 Å². The third-order valence-corrected chi connectivity index (χ3v) is 4.58. The first-order valence-corrected chi connectivity index (χ1v) is 7.46. The molecule has 1 aliphatic heterocycles. The van der Waals surface area contributed by atoms with Crippen molar-refractivity contribution < 1.29 is 4.74 Å². The van der Waals surface area contributed by atoms with Crippen LogP contribution in [0.5, 0.6) is 0 Å². The third-order valence-electron chi connectivity index (χ3n) is 3.47. The molecule has 0 spiro atoms. The average molecular weight is 279 g/mol. The van der Waals surface area contributed by atoms with Crippen LogP contribution in [0.15, 0.2) is 65.7 Å². The van der Waals surface area contributed by atoms with Crippen molar-refractivity contribution in [1.29, 1.82) is 0 Å². The molecule has 98 valence electrons. The smallest absolute Gasteiger partial charge is 0.227 e. The number of benzene rings is 2. The van der Waals surface area contributed by atoms with Gasteiger partial charge in [0.15, 0.2) is 0 Å². The molecule has 0 aliphatic carbocycles. The molecule has 0 N–H and O–H groups in total. The minimum atomic E-state index is 0.122. The number of aliphatic imine (C=N–C) groups is 1. The van der Waals surface area contributed by atoms with E-state index in [1.165, 1.54) is 15.6 Å². The Kier molecular flexibility index (Phi) is 2.78. The number of hydrogen-bond acceptors (Lipinski definition) is 3. The van der Waals surface area contributed by atoms with E-state index in [4.69, 9.17) is 9.73 Å². The van der Waals surface area contributed by atoms with Crippen molar-refractivity contribution in [3.05, 3.63) is 71.1 Å². The zero-order chi connectivity index (χ0) is 13.4. The summed E-state index contributed by atoms with van der Waals surface area (Å²) >= 11 is 1.74. The summed E-state index contributed by atoms with van der Waals surface area (Å²) < 4.78 is 7.07. The van der Waals surface area contributed by atoms with E-state index in [1.54, 1.807) is 11.3 Å². The predicted octanol–water partition coefficient (Wildman–Crippen LogP) is 4.42. The maximum Gasteiger partial charge on any atom is 0.227 e. The minimum absolute atomic E-state index is 0.122. The monoisotopic (exact) mass is 279 g/mol. The van der Waals surface area contributed by atoms with Crippen LogP contribution >= 0.6 is 11.3 Å². The topological polar surface area (TPSA) is 21.6 Å². The van der Waals surface area contributed by atoms with E-state index < -0.39 is 0 Å². The highest BCUT2D eigenvalue weighted by atomic mass is 32.1. The Morgan fingerprint density at radius 2 is 1.80 bits per heavy atom. The molecule has 4 rings (SSSR count). The minimum Gasteiger partial charge on any atom is -0.474 e. The number of thiophene rings is 1. The second-order valence-corrected chi connectivity index (χ2v) is 5.90. The fraction of sp³-hybridized carbons (Fsp3) is 0.118. The van der Waals surface area contributed by atoms with Crippen molar-refractivity contribution in [3.63, 3.8) is 0 Å². The highest BCUT2D eigenvalue weighted by Crippen LogP contribution is 2.30. The molecule has 0 saturated carbocycles. The van der Waals surface area contributed by atoms with E-state index in [0.29, 0.717) is 6.61 Å². The van der Waals surface area contributed by atoms with Crippen LogP contribution in [0.4, 0.5) is 0 Å². The van der Waals surface area contributed by atoms with Gasteiger partial charge >= 0.3 is 0 Å². The highest BCUT2D eigenvalue weighted by molar-refractivity contribution is 7.20. The largest absolute Gasteiger partial charge is 0.474 e. The maximum atomic E-state index is 5.80. The van der Waals surface area contributed by atoms with Crippen molar-refractivity contribution in [2.24, 2.45) is 4.99 Å². The quantitative estimate of drug-likeness (QED) is 0.680. The summed E-state index contributed by atoms with van der Waals surface area (Å²) in [5.41, 5.74) is 1.21. The molecule has 1 aromatic heterocycles. The first-order chi connectivity index (χ1) is 9.90. The van der Waals surface area contributed by atoms with Crippen LogP contribution in [0.3, 0.4) is 0 Å². The Morgan fingerprint density at radius 1 is 1.00 bits per heavy atom. The fourth-order valence-electron chi connectivity index (χ4n) is 2.44. The summed E-state index contributed by atoms with van der Waals surface area (Å²) in [7, 11) is 0. The van der Waals surface area contributed by atoms with Gasteiger partial charge in [-0.05, 0) is 23.1 Å². The van der Waals surface area contributed by atoms with Gasteiger partial charge in [-0.3, -0.25) is 0 Å². The van der Waals surface area contributed by atoms with Gasteiger partial charge in [0.05, 0.1) is 4.88 Å². The van der Waals surface area contributed by atoms with Crippen LogP contribution < -0.4 is 0 Å². The van der Waals surface area contributed by atoms with Crippen LogP contribution in [-0.4, -0.2) is 12.5 Å². The molecule has 0 radical (unpaired) electrons. The molecule has 0 bridgehead atoms. The van der Waals surface area contributed by atoms with Gasteiger partial charge in [0.1, 0.15) is 12.6 Å². The van der Waals surface area contributed by atoms with Crippen LogP contribution in [0.25, 0.3) is 10.1 Å². The average Bonchev–Trinajstić information content (AvgIpc) is 3.14. The van der Waals surface area contributed by atoms with Crippen LogP contribution in [0, 0.1) is 0 Å². The van der Waals surface area contributed by atoms with E-state index >= 15 is 0 Å². The Balaban J connectivity index is 1.69. The summed E-state index contributed by atoms with van der Waals surface area (Å²) in [4.78, 5) is 5.84. The first-order valence-electron chi connectivity index (χ1n) is 6.65. The van der Waals surface area contributed by atoms with E-state index in [-0.39, 0.29) is 6.04 Å². The van der Waals surface area contributed by atoms with Gasteiger partial charge in [-0.15, -0.1) is 11.3 Å². The molecule has 1 aliphatic rings. The second kappa shape index (κ2) is 4.76. The number of rotatable bonds is 2. The van der Waals surface area contributed by atoms with Crippen molar-refractivity contribution >= 4 is 27.3 Å². The molecule has 3 heteroatoms. The number of fused-ring (bicyclic) bond motifs is 1. The van der Waals surface area contributed by atoms with Gasteiger partial charge in [-0.2, -0.15) is 0 Å². The zero-order valence-electron chi connectivity index (χ0n) is 10.8.